The number of hydrogen-bond donors (Lipinski definition) is 0. The van der Waals surface area contributed by atoms with E-state index >= 15 is 0 Å². The highest BCUT2D eigenvalue weighted by atomic mass is 16.5. The summed E-state index contributed by atoms with van der Waals surface area (Å²) in [6.07, 6.45) is 5.71. The number of hydrogen-bond acceptors (Lipinski definition) is 4. The largest absolute Gasteiger partial charge is 0.490 e. The summed E-state index contributed by atoms with van der Waals surface area (Å²) < 4.78 is 16.2. The van der Waals surface area contributed by atoms with Gasteiger partial charge in [0.2, 0.25) is 0 Å². The first-order chi connectivity index (χ1) is 16.2. The zero-order chi connectivity index (χ0) is 23.0. The van der Waals surface area contributed by atoms with Crippen molar-refractivity contribution in [1.82, 2.24) is 0 Å². The number of fused-ring (bicyclic) bond motifs is 3. The van der Waals surface area contributed by atoms with Crippen molar-refractivity contribution in [2.75, 3.05) is 26.9 Å². The molecule has 1 aliphatic rings. The summed E-state index contributed by atoms with van der Waals surface area (Å²) in [6, 6.07) is 23.1. The highest BCUT2D eigenvalue weighted by Crippen LogP contribution is 2.36. The van der Waals surface area contributed by atoms with E-state index in [1.165, 1.54) is 27.8 Å². The first-order valence-corrected chi connectivity index (χ1v) is 11.4. The van der Waals surface area contributed by atoms with Gasteiger partial charge in [-0.15, -0.1) is 0 Å². The summed E-state index contributed by atoms with van der Waals surface area (Å²) in [7, 11) is 1.60. The second-order valence-electron chi connectivity index (χ2n) is 8.22. The van der Waals surface area contributed by atoms with Crippen LogP contribution in [0, 0.1) is 5.92 Å². The second-order valence-corrected chi connectivity index (χ2v) is 8.22. The van der Waals surface area contributed by atoms with E-state index in [9.17, 15) is 4.79 Å². The molecule has 0 radical (unpaired) electrons. The minimum absolute atomic E-state index is 0.222. The van der Waals surface area contributed by atoms with Crippen LogP contribution in [0.2, 0.25) is 0 Å². The van der Waals surface area contributed by atoms with Crippen LogP contribution in [0.5, 0.6) is 5.75 Å². The molecule has 4 heteroatoms. The topological polar surface area (TPSA) is 44.8 Å². The number of methoxy groups -OCH3 is 1. The van der Waals surface area contributed by atoms with Crippen LogP contribution in [0.25, 0.3) is 17.2 Å². The fourth-order valence-corrected chi connectivity index (χ4v) is 4.28. The number of ether oxygens (including phenoxy) is 3. The van der Waals surface area contributed by atoms with Gasteiger partial charge in [0.1, 0.15) is 12.4 Å². The van der Waals surface area contributed by atoms with Gasteiger partial charge in [-0.25, -0.2) is 0 Å². The Morgan fingerprint density at radius 1 is 1.00 bits per heavy atom. The predicted molar refractivity (Wildman–Crippen MR) is 131 cm³/mol. The molecule has 1 aliphatic carbocycles. The predicted octanol–water partition coefficient (Wildman–Crippen LogP) is 5.72. The van der Waals surface area contributed by atoms with Crippen molar-refractivity contribution in [3.05, 3.63) is 95.1 Å². The Hall–Kier alpha value is -3.37. The number of carbonyl (C=O) groups is 1. The van der Waals surface area contributed by atoms with Gasteiger partial charge in [0.15, 0.2) is 0 Å². The molecule has 3 aromatic carbocycles. The molecular weight excluding hydrogens is 412 g/mol. The molecule has 0 saturated carbocycles. The number of esters is 1. The van der Waals surface area contributed by atoms with E-state index in [1.807, 2.05) is 37.3 Å². The Balaban J connectivity index is 1.29. The van der Waals surface area contributed by atoms with Crippen molar-refractivity contribution in [1.29, 1.82) is 0 Å². The summed E-state index contributed by atoms with van der Waals surface area (Å²) in [4.78, 5) is 12.1. The lowest BCUT2D eigenvalue weighted by Gasteiger charge is -2.15. The van der Waals surface area contributed by atoms with Gasteiger partial charge in [0, 0.05) is 7.11 Å². The third kappa shape index (κ3) is 5.71. The molecule has 0 aliphatic heterocycles. The average Bonchev–Trinajstić information content (AvgIpc) is 3.20. The molecular formula is C29H30O4. The first kappa shape index (κ1) is 22.8. The first-order valence-electron chi connectivity index (χ1n) is 11.4. The molecule has 1 atom stereocenters. The summed E-state index contributed by atoms with van der Waals surface area (Å²) in [6.45, 7) is 3.02. The molecule has 3 aromatic rings. The third-order valence-electron chi connectivity index (χ3n) is 5.87. The number of benzene rings is 3. The van der Waals surface area contributed by atoms with Crippen molar-refractivity contribution in [2.45, 2.75) is 19.8 Å². The Morgan fingerprint density at radius 2 is 1.79 bits per heavy atom. The molecule has 0 aromatic heterocycles. The van der Waals surface area contributed by atoms with Crippen molar-refractivity contribution in [2.24, 2.45) is 5.92 Å². The third-order valence-corrected chi connectivity index (χ3v) is 5.87. The molecule has 0 saturated heterocycles. The minimum atomic E-state index is -0.301. The van der Waals surface area contributed by atoms with E-state index in [-0.39, 0.29) is 11.9 Å². The van der Waals surface area contributed by atoms with E-state index in [4.69, 9.17) is 14.2 Å². The van der Waals surface area contributed by atoms with Crippen LogP contribution in [0.15, 0.2) is 72.8 Å². The maximum Gasteiger partial charge on any atom is 0.311 e. The van der Waals surface area contributed by atoms with Crippen molar-refractivity contribution >= 4 is 12.0 Å². The standard InChI is InChI=1S/C29H30O4/c1-3-32-29(30)25(20-31-2)18-22-10-13-26(14-11-22)33-16-6-7-21-12-15-28-24(17-21)19-23-8-4-5-9-27(23)28/h4-15,17,25H,3,16,18-20H2,1-2H3/b7-6+. The number of rotatable bonds is 10. The quantitative estimate of drug-likeness (QED) is 0.295. The normalized spacial score (nSPS) is 12.9. The molecule has 33 heavy (non-hydrogen) atoms. The van der Waals surface area contributed by atoms with Crippen molar-refractivity contribution in [3.63, 3.8) is 0 Å². The average molecular weight is 443 g/mol. The van der Waals surface area contributed by atoms with Gasteiger partial charge < -0.3 is 14.2 Å². The fourth-order valence-electron chi connectivity index (χ4n) is 4.28. The maximum atomic E-state index is 12.1. The van der Waals surface area contributed by atoms with E-state index in [0.717, 1.165) is 17.7 Å². The Bertz CT molecular complexity index is 1110. The minimum Gasteiger partial charge on any atom is -0.490 e. The van der Waals surface area contributed by atoms with Crippen LogP contribution in [-0.4, -0.2) is 32.9 Å². The van der Waals surface area contributed by atoms with Gasteiger partial charge in [0.25, 0.3) is 0 Å². The molecule has 0 bridgehead atoms. The molecule has 0 fully saturated rings. The molecule has 0 N–H and O–H groups in total. The smallest absolute Gasteiger partial charge is 0.311 e. The monoisotopic (exact) mass is 442 g/mol. The summed E-state index contributed by atoms with van der Waals surface area (Å²) in [5.74, 6) is 0.275. The van der Waals surface area contributed by atoms with Gasteiger partial charge in [-0.3, -0.25) is 4.79 Å². The zero-order valence-electron chi connectivity index (χ0n) is 19.3. The van der Waals surface area contributed by atoms with Crippen LogP contribution in [0.3, 0.4) is 0 Å². The van der Waals surface area contributed by atoms with E-state index < -0.39 is 0 Å². The summed E-state index contributed by atoms with van der Waals surface area (Å²) in [5.41, 5.74) is 7.71. The maximum absolute atomic E-state index is 12.1. The Kier molecular flexibility index (Phi) is 7.59. The molecule has 4 rings (SSSR count). The molecule has 0 spiro atoms. The molecule has 170 valence electrons. The highest BCUT2D eigenvalue weighted by Gasteiger charge is 2.20. The molecule has 0 heterocycles. The second kappa shape index (κ2) is 11.0. The van der Waals surface area contributed by atoms with Crippen LogP contribution >= 0.6 is 0 Å². The van der Waals surface area contributed by atoms with Gasteiger partial charge in [-0.2, -0.15) is 0 Å². The molecule has 0 amide bonds. The van der Waals surface area contributed by atoms with Gasteiger partial charge in [-0.1, -0.05) is 60.7 Å². The summed E-state index contributed by atoms with van der Waals surface area (Å²) in [5, 5.41) is 0. The Morgan fingerprint density at radius 3 is 2.58 bits per heavy atom. The highest BCUT2D eigenvalue weighted by molar-refractivity contribution is 5.78. The Labute approximate surface area is 195 Å². The van der Waals surface area contributed by atoms with Crippen LogP contribution < -0.4 is 4.74 Å². The fraction of sp³-hybridized carbons (Fsp3) is 0.276. The van der Waals surface area contributed by atoms with Crippen LogP contribution in [0.4, 0.5) is 0 Å². The van der Waals surface area contributed by atoms with E-state index in [1.54, 1.807) is 7.11 Å². The van der Waals surface area contributed by atoms with Gasteiger partial charge >= 0.3 is 5.97 Å². The lowest BCUT2D eigenvalue weighted by molar-refractivity contribution is -0.149. The SMILES string of the molecule is CCOC(=O)C(COC)Cc1ccc(OC/C=C/c2ccc3c(c2)Cc2ccccc2-3)cc1. The van der Waals surface area contributed by atoms with Crippen LogP contribution in [0.1, 0.15) is 29.2 Å². The molecule has 1 unspecified atom stereocenters. The zero-order valence-corrected chi connectivity index (χ0v) is 19.3. The van der Waals surface area contributed by atoms with E-state index in [2.05, 4.69) is 48.5 Å². The van der Waals surface area contributed by atoms with Crippen LogP contribution in [-0.2, 0) is 27.1 Å². The van der Waals surface area contributed by atoms with Gasteiger partial charge in [-0.05, 0) is 71.4 Å². The van der Waals surface area contributed by atoms with Gasteiger partial charge in [0.05, 0.1) is 19.1 Å². The van der Waals surface area contributed by atoms with E-state index in [0.29, 0.717) is 26.2 Å². The van der Waals surface area contributed by atoms with Crippen molar-refractivity contribution in [3.8, 4) is 16.9 Å². The molecule has 4 nitrogen and oxygen atoms in total. The van der Waals surface area contributed by atoms with Crippen molar-refractivity contribution < 1.29 is 19.0 Å². The lowest BCUT2D eigenvalue weighted by Crippen LogP contribution is -2.24. The lowest BCUT2D eigenvalue weighted by atomic mass is 10.00. The number of carbonyl (C=O) groups excluding carboxylic acids is 1. The summed E-state index contributed by atoms with van der Waals surface area (Å²) >= 11 is 0.